The van der Waals surface area contributed by atoms with Crippen molar-refractivity contribution in [1.29, 1.82) is 5.26 Å². The molecule has 0 saturated heterocycles. The van der Waals surface area contributed by atoms with E-state index in [1.165, 1.54) is 4.88 Å². The number of aryl methyl sites for hydroxylation is 2. The van der Waals surface area contributed by atoms with E-state index in [1.54, 1.807) is 22.3 Å². The maximum atomic E-state index is 8.52. The van der Waals surface area contributed by atoms with Crippen molar-refractivity contribution in [1.82, 2.24) is 14.8 Å². The van der Waals surface area contributed by atoms with Crippen LogP contribution in [0.1, 0.15) is 10.7 Å². The third-order valence-corrected chi connectivity index (χ3v) is 2.74. The summed E-state index contributed by atoms with van der Waals surface area (Å²) >= 11 is 1.73. The first-order valence-corrected chi connectivity index (χ1v) is 5.08. The Balaban J connectivity index is 1.96. The molecule has 4 nitrogen and oxygen atoms in total. The van der Waals surface area contributed by atoms with Crippen molar-refractivity contribution in [3.63, 3.8) is 0 Å². The zero-order chi connectivity index (χ0) is 9.80. The SMILES string of the molecule is N#Cc1ncn(CCc2cccs2)n1. The molecule has 0 aliphatic rings. The lowest BCUT2D eigenvalue weighted by Crippen LogP contribution is -2.00. The van der Waals surface area contributed by atoms with Gasteiger partial charge in [-0.1, -0.05) is 6.07 Å². The molecule has 0 bridgehead atoms. The van der Waals surface area contributed by atoms with Crippen molar-refractivity contribution < 1.29 is 0 Å². The number of hydrogen-bond donors (Lipinski definition) is 0. The number of rotatable bonds is 3. The fourth-order valence-corrected chi connectivity index (χ4v) is 1.83. The van der Waals surface area contributed by atoms with Crippen LogP contribution in [0, 0.1) is 11.3 Å². The number of hydrogen-bond acceptors (Lipinski definition) is 4. The molecule has 0 aliphatic heterocycles. The molecule has 2 heterocycles. The Morgan fingerprint density at radius 1 is 1.57 bits per heavy atom. The standard InChI is InChI=1S/C9H8N4S/c10-6-9-11-7-13(12-9)4-3-8-2-1-5-14-8/h1-2,5,7H,3-4H2. The van der Waals surface area contributed by atoms with E-state index in [0.717, 1.165) is 13.0 Å². The van der Waals surface area contributed by atoms with Gasteiger partial charge in [-0.05, 0) is 11.4 Å². The van der Waals surface area contributed by atoms with Crippen molar-refractivity contribution in [3.05, 3.63) is 34.5 Å². The molecule has 0 fully saturated rings. The van der Waals surface area contributed by atoms with Gasteiger partial charge in [0.1, 0.15) is 12.4 Å². The summed E-state index contributed by atoms with van der Waals surface area (Å²) in [5.41, 5.74) is 0. The number of aromatic nitrogens is 3. The Hall–Kier alpha value is -1.67. The van der Waals surface area contributed by atoms with Gasteiger partial charge in [-0.15, -0.1) is 16.4 Å². The summed E-state index contributed by atoms with van der Waals surface area (Å²) < 4.78 is 1.69. The molecular formula is C9H8N4S. The maximum absolute atomic E-state index is 8.52. The fourth-order valence-electron chi connectivity index (χ4n) is 1.13. The van der Waals surface area contributed by atoms with Gasteiger partial charge in [0.2, 0.25) is 0 Å². The quantitative estimate of drug-likeness (QED) is 0.760. The smallest absolute Gasteiger partial charge is 0.251 e. The van der Waals surface area contributed by atoms with E-state index in [4.69, 9.17) is 5.26 Å². The van der Waals surface area contributed by atoms with Crippen molar-refractivity contribution in [2.45, 2.75) is 13.0 Å². The predicted molar refractivity (Wildman–Crippen MR) is 52.8 cm³/mol. The van der Waals surface area contributed by atoms with Crippen LogP contribution in [-0.2, 0) is 13.0 Å². The molecule has 0 aliphatic carbocycles. The van der Waals surface area contributed by atoms with Gasteiger partial charge in [-0.2, -0.15) is 5.26 Å². The van der Waals surface area contributed by atoms with Gasteiger partial charge in [0.05, 0.1) is 0 Å². The first kappa shape index (κ1) is 8.91. The van der Waals surface area contributed by atoms with E-state index in [1.807, 2.05) is 12.1 Å². The molecule has 0 amide bonds. The van der Waals surface area contributed by atoms with Crippen LogP contribution in [0.2, 0.25) is 0 Å². The van der Waals surface area contributed by atoms with E-state index >= 15 is 0 Å². The molecule has 0 aromatic carbocycles. The Morgan fingerprint density at radius 3 is 3.14 bits per heavy atom. The van der Waals surface area contributed by atoms with Crippen molar-refractivity contribution >= 4 is 11.3 Å². The lowest BCUT2D eigenvalue weighted by Gasteiger charge is -1.96. The highest BCUT2D eigenvalue weighted by atomic mass is 32.1. The van der Waals surface area contributed by atoms with Crippen LogP contribution in [-0.4, -0.2) is 14.8 Å². The van der Waals surface area contributed by atoms with Gasteiger partial charge in [-0.25, -0.2) is 4.98 Å². The van der Waals surface area contributed by atoms with Gasteiger partial charge in [0.15, 0.2) is 0 Å². The zero-order valence-corrected chi connectivity index (χ0v) is 8.24. The van der Waals surface area contributed by atoms with E-state index < -0.39 is 0 Å². The lowest BCUT2D eigenvalue weighted by atomic mass is 10.3. The van der Waals surface area contributed by atoms with Gasteiger partial charge >= 0.3 is 0 Å². The summed E-state index contributed by atoms with van der Waals surface area (Å²) in [5, 5.41) is 14.5. The summed E-state index contributed by atoms with van der Waals surface area (Å²) in [6.07, 6.45) is 2.53. The molecule has 5 heteroatoms. The average molecular weight is 204 g/mol. The van der Waals surface area contributed by atoms with Crippen LogP contribution in [0.4, 0.5) is 0 Å². The third-order valence-electron chi connectivity index (χ3n) is 1.80. The topological polar surface area (TPSA) is 54.5 Å². The van der Waals surface area contributed by atoms with Gasteiger partial charge < -0.3 is 0 Å². The largest absolute Gasteiger partial charge is 0.252 e. The highest BCUT2D eigenvalue weighted by Gasteiger charge is 1.99. The summed E-state index contributed by atoms with van der Waals surface area (Å²) in [5.74, 6) is 0.233. The molecule has 2 rings (SSSR count). The van der Waals surface area contributed by atoms with Crippen LogP contribution in [0.25, 0.3) is 0 Å². The summed E-state index contributed by atoms with van der Waals surface area (Å²) in [4.78, 5) is 5.15. The second-order valence-corrected chi connectivity index (χ2v) is 3.80. The second-order valence-electron chi connectivity index (χ2n) is 2.77. The lowest BCUT2D eigenvalue weighted by molar-refractivity contribution is 0.615. The van der Waals surface area contributed by atoms with Crippen LogP contribution >= 0.6 is 11.3 Å². The van der Waals surface area contributed by atoms with Crippen molar-refractivity contribution in [2.24, 2.45) is 0 Å². The van der Waals surface area contributed by atoms with E-state index in [9.17, 15) is 0 Å². The molecule has 14 heavy (non-hydrogen) atoms. The first-order chi connectivity index (χ1) is 6.88. The van der Waals surface area contributed by atoms with Gasteiger partial charge in [-0.3, -0.25) is 4.68 Å². The average Bonchev–Trinajstić information content (AvgIpc) is 2.86. The number of nitriles is 1. The van der Waals surface area contributed by atoms with Crippen molar-refractivity contribution in [2.75, 3.05) is 0 Å². The van der Waals surface area contributed by atoms with Gasteiger partial charge in [0, 0.05) is 17.8 Å². The molecule has 0 radical (unpaired) electrons. The Labute approximate surface area is 85.4 Å². The zero-order valence-electron chi connectivity index (χ0n) is 7.42. The molecule has 70 valence electrons. The highest BCUT2D eigenvalue weighted by Crippen LogP contribution is 2.09. The predicted octanol–water partition coefficient (Wildman–Crippen LogP) is 1.45. The summed E-state index contributed by atoms with van der Waals surface area (Å²) in [6, 6.07) is 6.02. The van der Waals surface area contributed by atoms with E-state index in [2.05, 4.69) is 21.5 Å². The molecule has 2 aromatic rings. The Morgan fingerprint density at radius 2 is 2.50 bits per heavy atom. The first-order valence-electron chi connectivity index (χ1n) is 4.20. The van der Waals surface area contributed by atoms with Crippen LogP contribution in [0.5, 0.6) is 0 Å². The molecule has 0 unspecified atom stereocenters. The van der Waals surface area contributed by atoms with Crippen LogP contribution in [0.3, 0.4) is 0 Å². The van der Waals surface area contributed by atoms with Crippen molar-refractivity contribution in [3.8, 4) is 6.07 Å². The highest BCUT2D eigenvalue weighted by molar-refractivity contribution is 7.09. The minimum atomic E-state index is 0.233. The fraction of sp³-hybridized carbons (Fsp3) is 0.222. The Bertz CT molecular complexity index is 438. The number of nitrogens with zero attached hydrogens (tertiary/aromatic N) is 4. The van der Waals surface area contributed by atoms with E-state index in [0.29, 0.717) is 0 Å². The summed E-state index contributed by atoms with van der Waals surface area (Å²) in [6.45, 7) is 0.773. The minimum absolute atomic E-state index is 0.233. The monoisotopic (exact) mass is 204 g/mol. The molecule has 0 saturated carbocycles. The van der Waals surface area contributed by atoms with Gasteiger partial charge in [0.25, 0.3) is 5.82 Å². The second kappa shape index (κ2) is 4.03. The molecular weight excluding hydrogens is 196 g/mol. The molecule has 0 N–H and O–H groups in total. The van der Waals surface area contributed by atoms with E-state index in [-0.39, 0.29) is 5.82 Å². The normalized spacial score (nSPS) is 9.93. The third kappa shape index (κ3) is 1.98. The molecule has 0 atom stereocenters. The van der Waals surface area contributed by atoms with Crippen LogP contribution < -0.4 is 0 Å². The molecule has 2 aromatic heterocycles. The maximum Gasteiger partial charge on any atom is 0.252 e. The summed E-state index contributed by atoms with van der Waals surface area (Å²) in [7, 11) is 0. The number of thiophene rings is 1. The van der Waals surface area contributed by atoms with Crippen LogP contribution in [0.15, 0.2) is 23.8 Å². The molecule has 0 spiro atoms. The minimum Gasteiger partial charge on any atom is -0.251 e. The Kier molecular flexibility index (Phi) is 2.56.